The van der Waals surface area contributed by atoms with E-state index in [1.807, 2.05) is 12.1 Å². The average molecular weight is 350 g/mol. The molecule has 1 heterocycles. The quantitative estimate of drug-likeness (QED) is 0.740. The minimum Gasteiger partial charge on any atom is -0.507 e. The number of aromatic hydroxyl groups is 1. The summed E-state index contributed by atoms with van der Waals surface area (Å²) in [5, 5.41) is 10.3. The van der Waals surface area contributed by atoms with E-state index in [0.717, 1.165) is 18.9 Å². The molecule has 2 nitrogen and oxygen atoms in total. The first-order chi connectivity index (χ1) is 6.18. The van der Waals surface area contributed by atoms with E-state index in [9.17, 15) is 5.11 Å². The summed E-state index contributed by atoms with van der Waals surface area (Å²) in [6.45, 7) is 0. The Morgan fingerprint density at radius 3 is 2.92 bits per heavy atom. The molecule has 0 amide bonds. The number of rotatable bonds is 0. The SMILES string of the molecule is Oc1ccnc2cc(Br)c(I)cc12. The minimum absolute atomic E-state index is 0.274. The summed E-state index contributed by atoms with van der Waals surface area (Å²) in [4.78, 5) is 4.15. The van der Waals surface area contributed by atoms with Crippen LogP contribution in [0.4, 0.5) is 0 Å². The van der Waals surface area contributed by atoms with Gasteiger partial charge in [0.15, 0.2) is 0 Å². The molecule has 0 saturated heterocycles. The van der Waals surface area contributed by atoms with Crippen molar-refractivity contribution in [3.63, 3.8) is 0 Å². The summed E-state index contributed by atoms with van der Waals surface area (Å²) < 4.78 is 2.06. The fraction of sp³-hybridized carbons (Fsp3) is 0. The van der Waals surface area contributed by atoms with Gasteiger partial charge in [0.25, 0.3) is 0 Å². The summed E-state index contributed by atoms with van der Waals surface area (Å²) in [6.07, 6.45) is 1.59. The largest absolute Gasteiger partial charge is 0.507 e. The van der Waals surface area contributed by atoms with E-state index in [-0.39, 0.29) is 5.75 Å². The van der Waals surface area contributed by atoms with Crippen molar-refractivity contribution in [3.05, 3.63) is 32.4 Å². The smallest absolute Gasteiger partial charge is 0.126 e. The van der Waals surface area contributed by atoms with Gasteiger partial charge in [0, 0.05) is 19.6 Å². The Balaban J connectivity index is 2.89. The van der Waals surface area contributed by atoms with Crippen LogP contribution >= 0.6 is 38.5 Å². The highest BCUT2D eigenvalue weighted by atomic mass is 127. The summed E-state index contributed by atoms with van der Waals surface area (Å²) in [5.41, 5.74) is 0.798. The van der Waals surface area contributed by atoms with Crippen LogP contribution in [0.15, 0.2) is 28.9 Å². The van der Waals surface area contributed by atoms with Gasteiger partial charge >= 0.3 is 0 Å². The van der Waals surface area contributed by atoms with Gasteiger partial charge in [0.05, 0.1) is 5.52 Å². The van der Waals surface area contributed by atoms with Gasteiger partial charge in [-0.2, -0.15) is 0 Å². The Labute approximate surface area is 97.3 Å². The summed E-state index contributed by atoms with van der Waals surface area (Å²) in [6, 6.07) is 5.39. The van der Waals surface area contributed by atoms with E-state index in [1.54, 1.807) is 12.3 Å². The lowest BCUT2D eigenvalue weighted by Gasteiger charge is -2.02. The molecule has 0 spiro atoms. The molecule has 1 aromatic heterocycles. The molecule has 0 fully saturated rings. The van der Waals surface area contributed by atoms with Crippen LogP contribution in [0.25, 0.3) is 10.9 Å². The molecule has 2 aromatic rings. The molecule has 0 aliphatic heterocycles. The summed E-state index contributed by atoms with van der Waals surface area (Å²) in [5.74, 6) is 0.274. The molecule has 0 atom stereocenters. The van der Waals surface area contributed by atoms with Crippen LogP contribution in [0.1, 0.15) is 0 Å². The maximum absolute atomic E-state index is 9.53. The standard InChI is InChI=1S/C9H5BrINO/c10-6-4-8-5(3-7(6)11)9(13)1-2-12-8/h1-4H,(H,12,13). The second-order valence-corrected chi connectivity index (χ2v) is 4.63. The molecule has 0 bridgehead atoms. The molecule has 4 heteroatoms. The number of pyridine rings is 1. The molecular weight excluding hydrogens is 345 g/mol. The zero-order valence-electron chi connectivity index (χ0n) is 6.46. The van der Waals surface area contributed by atoms with Gasteiger partial charge in [0.1, 0.15) is 5.75 Å². The van der Waals surface area contributed by atoms with E-state index in [0.29, 0.717) is 0 Å². The van der Waals surface area contributed by atoms with Gasteiger partial charge in [-0.25, -0.2) is 0 Å². The first kappa shape index (κ1) is 9.21. The number of halogens is 2. The number of benzene rings is 1. The molecule has 13 heavy (non-hydrogen) atoms. The van der Waals surface area contributed by atoms with Crippen molar-refractivity contribution in [3.8, 4) is 5.75 Å². The lowest BCUT2D eigenvalue weighted by molar-refractivity contribution is 0.481. The van der Waals surface area contributed by atoms with Gasteiger partial charge in [0.2, 0.25) is 0 Å². The fourth-order valence-corrected chi connectivity index (χ4v) is 1.92. The Morgan fingerprint density at radius 1 is 1.38 bits per heavy atom. The van der Waals surface area contributed by atoms with Crippen LogP contribution in [0.3, 0.4) is 0 Å². The first-order valence-electron chi connectivity index (χ1n) is 3.61. The third-order valence-corrected chi connectivity index (χ3v) is 4.05. The Hall–Kier alpha value is -0.360. The van der Waals surface area contributed by atoms with Crippen LogP contribution in [-0.2, 0) is 0 Å². The number of hydrogen-bond donors (Lipinski definition) is 1. The monoisotopic (exact) mass is 349 g/mol. The van der Waals surface area contributed by atoms with Gasteiger partial charge in [-0.1, -0.05) is 0 Å². The van der Waals surface area contributed by atoms with Gasteiger partial charge in [-0.15, -0.1) is 0 Å². The van der Waals surface area contributed by atoms with Crippen LogP contribution < -0.4 is 0 Å². The van der Waals surface area contributed by atoms with Crippen molar-refractivity contribution < 1.29 is 5.11 Å². The number of aromatic nitrogens is 1. The predicted molar refractivity (Wildman–Crippen MR) is 63.8 cm³/mol. The number of fused-ring (bicyclic) bond motifs is 1. The zero-order valence-corrected chi connectivity index (χ0v) is 10.2. The van der Waals surface area contributed by atoms with E-state index < -0.39 is 0 Å². The predicted octanol–water partition coefficient (Wildman–Crippen LogP) is 3.31. The Kier molecular flexibility index (Phi) is 2.42. The Bertz CT molecular complexity index is 472. The lowest BCUT2D eigenvalue weighted by atomic mass is 10.2. The molecule has 2 rings (SSSR count). The topological polar surface area (TPSA) is 33.1 Å². The summed E-state index contributed by atoms with van der Waals surface area (Å²) in [7, 11) is 0. The molecule has 0 saturated carbocycles. The van der Waals surface area contributed by atoms with Crippen molar-refractivity contribution >= 4 is 49.4 Å². The molecular formula is C9H5BrINO. The van der Waals surface area contributed by atoms with Gasteiger partial charge in [-0.05, 0) is 56.7 Å². The zero-order chi connectivity index (χ0) is 9.42. The summed E-state index contributed by atoms with van der Waals surface area (Å²) >= 11 is 5.62. The van der Waals surface area contributed by atoms with Crippen LogP contribution in [0.2, 0.25) is 0 Å². The van der Waals surface area contributed by atoms with Crippen LogP contribution in [0, 0.1) is 3.57 Å². The number of hydrogen-bond acceptors (Lipinski definition) is 2. The molecule has 0 aliphatic rings. The Morgan fingerprint density at radius 2 is 2.15 bits per heavy atom. The second-order valence-electron chi connectivity index (χ2n) is 2.61. The molecule has 0 aliphatic carbocycles. The minimum atomic E-state index is 0.274. The fourth-order valence-electron chi connectivity index (χ4n) is 1.13. The van der Waals surface area contributed by atoms with E-state index >= 15 is 0 Å². The van der Waals surface area contributed by atoms with Crippen molar-refractivity contribution in [2.45, 2.75) is 0 Å². The maximum atomic E-state index is 9.53. The van der Waals surface area contributed by atoms with Crippen molar-refractivity contribution in [1.82, 2.24) is 4.98 Å². The second kappa shape index (κ2) is 3.42. The molecule has 0 radical (unpaired) electrons. The lowest BCUT2D eigenvalue weighted by Crippen LogP contribution is -1.81. The highest BCUT2D eigenvalue weighted by Crippen LogP contribution is 2.29. The number of nitrogens with zero attached hydrogens (tertiary/aromatic N) is 1. The maximum Gasteiger partial charge on any atom is 0.126 e. The van der Waals surface area contributed by atoms with Crippen molar-refractivity contribution in [2.24, 2.45) is 0 Å². The molecule has 66 valence electrons. The third kappa shape index (κ3) is 1.65. The third-order valence-electron chi connectivity index (χ3n) is 1.76. The highest BCUT2D eigenvalue weighted by molar-refractivity contribution is 14.1. The molecule has 1 N–H and O–H groups in total. The van der Waals surface area contributed by atoms with E-state index in [4.69, 9.17) is 0 Å². The highest BCUT2D eigenvalue weighted by Gasteiger charge is 2.03. The van der Waals surface area contributed by atoms with Crippen molar-refractivity contribution in [2.75, 3.05) is 0 Å². The van der Waals surface area contributed by atoms with Crippen LogP contribution in [0.5, 0.6) is 5.75 Å². The van der Waals surface area contributed by atoms with Gasteiger partial charge < -0.3 is 5.11 Å². The normalized spacial score (nSPS) is 10.6. The van der Waals surface area contributed by atoms with E-state index in [1.165, 1.54) is 0 Å². The van der Waals surface area contributed by atoms with E-state index in [2.05, 4.69) is 43.5 Å². The van der Waals surface area contributed by atoms with Gasteiger partial charge in [-0.3, -0.25) is 4.98 Å². The first-order valence-corrected chi connectivity index (χ1v) is 5.48. The average Bonchev–Trinajstić information content (AvgIpc) is 2.09. The molecule has 1 aromatic carbocycles. The van der Waals surface area contributed by atoms with Crippen molar-refractivity contribution in [1.29, 1.82) is 0 Å². The molecule has 0 unspecified atom stereocenters. The van der Waals surface area contributed by atoms with Crippen LogP contribution in [-0.4, -0.2) is 10.1 Å².